The Labute approximate surface area is 164 Å². The summed E-state index contributed by atoms with van der Waals surface area (Å²) in [7, 11) is 2.08. The number of aromatic hydroxyl groups is 1. The van der Waals surface area contributed by atoms with Gasteiger partial charge in [-0.2, -0.15) is 5.26 Å². The van der Waals surface area contributed by atoms with Crippen LogP contribution in [-0.4, -0.2) is 52.3 Å². The van der Waals surface area contributed by atoms with E-state index in [0.717, 1.165) is 37.1 Å². The number of carbonyl (C=O) groups excluding carboxylic acids is 1. The van der Waals surface area contributed by atoms with Gasteiger partial charge in [0.1, 0.15) is 5.75 Å². The average molecular weight is 377 g/mol. The van der Waals surface area contributed by atoms with Crippen LogP contribution in [0.15, 0.2) is 18.2 Å². The summed E-state index contributed by atoms with van der Waals surface area (Å²) in [6.45, 7) is 3.85. The summed E-state index contributed by atoms with van der Waals surface area (Å²) in [4.78, 5) is 16.8. The van der Waals surface area contributed by atoms with Crippen LogP contribution in [0.5, 0.6) is 5.75 Å². The van der Waals surface area contributed by atoms with Crippen LogP contribution in [0, 0.1) is 18.3 Å². The average Bonchev–Trinajstić information content (AvgIpc) is 2.68. The van der Waals surface area contributed by atoms with E-state index in [0.29, 0.717) is 35.5 Å². The maximum atomic E-state index is 12.7. The van der Waals surface area contributed by atoms with Gasteiger partial charge in [-0.25, -0.2) is 0 Å². The molecule has 0 spiro atoms. The highest BCUT2D eigenvalue weighted by atomic mass is 16.3. The lowest BCUT2D eigenvalue weighted by Gasteiger charge is -2.40. The predicted molar refractivity (Wildman–Crippen MR) is 105 cm³/mol. The Kier molecular flexibility index (Phi) is 4.73. The van der Waals surface area contributed by atoms with E-state index in [2.05, 4.69) is 22.1 Å². The van der Waals surface area contributed by atoms with E-state index in [9.17, 15) is 9.90 Å². The van der Waals surface area contributed by atoms with Crippen molar-refractivity contribution in [1.82, 2.24) is 15.1 Å². The number of anilines is 1. The minimum atomic E-state index is 0.00838. The van der Waals surface area contributed by atoms with Gasteiger partial charge in [0.2, 0.25) is 5.91 Å². The zero-order chi connectivity index (χ0) is 19.8. The van der Waals surface area contributed by atoms with Crippen LogP contribution < -0.4 is 4.90 Å². The predicted octanol–water partition coefficient (Wildman–Crippen LogP) is 2.40. The topological polar surface area (TPSA) is 93.3 Å². The van der Waals surface area contributed by atoms with E-state index in [-0.39, 0.29) is 17.7 Å². The molecule has 4 rings (SSSR count). The number of piperidine rings is 1. The number of fused-ring (bicyclic) bond motifs is 1. The number of nitriles is 1. The molecule has 1 aromatic heterocycles. The van der Waals surface area contributed by atoms with Crippen molar-refractivity contribution in [3.8, 4) is 23.1 Å². The molecule has 0 unspecified atom stereocenters. The fourth-order valence-corrected chi connectivity index (χ4v) is 4.29. The molecule has 1 N–H and O–H groups in total. The van der Waals surface area contributed by atoms with Gasteiger partial charge in [0.05, 0.1) is 23.4 Å². The number of phenols is 1. The summed E-state index contributed by atoms with van der Waals surface area (Å²) < 4.78 is 0. The van der Waals surface area contributed by atoms with E-state index in [1.807, 2.05) is 17.9 Å². The highest BCUT2D eigenvalue weighted by Gasteiger charge is 2.35. The minimum absolute atomic E-state index is 0.00838. The quantitative estimate of drug-likeness (QED) is 0.864. The largest absolute Gasteiger partial charge is 0.507 e. The summed E-state index contributed by atoms with van der Waals surface area (Å²) in [5, 5.41) is 28.2. The molecule has 1 saturated heterocycles. The number of aromatic nitrogens is 2. The maximum absolute atomic E-state index is 12.7. The molecule has 0 bridgehead atoms. The third kappa shape index (κ3) is 3.10. The van der Waals surface area contributed by atoms with Crippen molar-refractivity contribution in [3.05, 3.63) is 34.9 Å². The Bertz CT molecular complexity index is 981. The fourth-order valence-electron chi connectivity index (χ4n) is 4.29. The molecule has 7 heteroatoms. The molecule has 1 fully saturated rings. The first-order valence-corrected chi connectivity index (χ1v) is 9.60. The van der Waals surface area contributed by atoms with Crippen molar-refractivity contribution in [2.45, 2.75) is 38.6 Å². The lowest BCUT2D eigenvalue weighted by Crippen LogP contribution is -2.51. The summed E-state index contributed by atoms with van der Waals surface area (Å²) in [5.41, 5.74) is 3.47. The molecule has 0 saturated carbocycles. The maximum Gasteiger partial charge on any atom is 0.228 e. The zero-order valence-corrected chi connectivity index (χ0v) is 16.1. The van der Waals surface area contributed by atoms with Crippen LogP contribution in [0.25, 0.3) is 11.3 Å². The van der Waals surface area contributed by atoms with Gasteiger partial charge < -0.3 is 10.0 Å². The first kappa shape index (κ1) is 18.4. The highest BCUT2D eigenvalue weighted by Crippen LogP contribution is 2.37. The monoisotopic (exact) mass is 377 g/mol. The van der Waals surface area contributed by atoms with E-state index in [4.69, 9.17) is 5.26 Å². The van der Waals surface area contributed by atoms with Crippen LogP contribution >= 0.6 is 0 Å². The number of likely N-dealkylation sites (tertiary alicyclic amines) is 1. The number of hydrogen-bond donors (Lipinski definition) is 1. The first-order chi connectivity index (χ1) is 13.5. The van der Waals surface area contributed by atoms with Crippen LogP contribution in [0.4, 0.5) is 5.82 Å². The third-order valence-corrected chi connectivity index (χ3v) is 5.75. The first-order valence-electron chi connectivity index (χ1n) is 9.60. The second kappa shape index (κ2) is 7.21. The van der Waals surface area contributed by atoms with E-state index >= 15 is 0 Å². The molecule has 144 valence electrons. The molecule has 3 heterocycles. The molecule has 1 atom stereocenters. The van der Waals surface area contributed by atoms with Crippen molar-refractivity contribution in [2.24, 2.45) is 0 Å². The van der Waals surface area contributed by atoms with Crippen molar-refractivity contribution < 1.29 is 9.90 Å². The second-order valence-electron chi connectivity index (χ2n) is 7.64. The third-order valence-electron chi connectivity index (χ3n) is 5.75. The van der Waals surface area contributed by atoms with Gasteiger partial charge in [0, 0.05) is 24.1 Å². The standard InChI is InChI=1S/C21H23N5O2/c1-13-16-7-8-19(28)26(15-4-3-9-25(2)12-15)21(16)24-23-20(13)17-6-5-14(11-22)10-18(17)27/h5-6,10,15,27H,3-4,7-9,12H2,1-2H3/t15-/m1/s1. The molecule has 2 aliphatic heterocycles. The van der Waals surface area contributed by atoms with Gasteiger partial charge >= 0.3 is 0 Å². The zero-order valence-electron chi connectivity index (χ0n) is 16.1. The Morgan fingerprint density at radius 1 is 1.29 bits per heavy atom. The number of hydrogen-bond acceptors (Lipinski definition) is 6. The summed E-state index contributed by atoms with van der Waals surface area (Å²) in [5.74, 6) is 0.774. The molecular formula is C21H23N5O2. The molecule has 0 radical (unpaired) electrons. The Hall–Kier alpha value is -2.98. The molecule has 7 nitrogen and oxygen atoms in total. The number of carbonyl (C=O) groups is 1. The van der Waals surface area contributed by atoms with Crippen LogP contribution in [-0.2, 0) is 11.2 Å². The van der Waals surface area contributed by atoms with Crippen LogP contribution in [0.3, 0.4) is 0 Å². The Balaban J connectivity index is 1.76. The van der Waals surface area contributed by atoms with Crippen molar-refractivity contribution in [3.63, 3.8) is 0 Å². The van der Waals surface area contributed by atoms with E-state index < -0.39 is 0 Å². The number of benzene rings is 1. The number of phenolic OH excluding ortho intramolecular Hbond substituents is 1. The van der Waals surface area contributed by atoms with Gasteiger partial charge in [-0.3, -0.25) is 9.69 Å². The molecule has 0 aliphatic carbocycles. The summed E-state index contributed by atoms with van der Waals surface area (Å²) >= 11 is 0. The molecule has 1 amide bonds. The smallest absolute Gasteiger partial charge is 0.228 e. The van der Waals surface area contributed by atoms with Gasteiger partial charge in [0.25, 0.3) is 0 Å². The van der Waals surface area contributed by atoms with E-state index in [1.165, 1.54) is 6.07 Å². The molecule has 2 aliphatic rings. The lowest BCUT2D eigenvalue weighted by molar-refractivity contribution is -0.119. The van der Waals surface area contributed by atoms with Gasteiger partial charge in [-0.05, 0) is 63.5 Å². The van der Waals surface area contributed by atoms with E-state index in [1.54, 1.807) is 12.1 Å². The van der Waals surface area contributed by atoms with Crippen molar-refractivity contribution in [2.75, 3.05) is 25.0 Å². The summed E-state index contributed by atoms with van der Waals surface area (Å²) in [6, 6.07) is 6.92. The van der Waals surface area contributed by atoms with Gasteiger partial charge in [-0.15, -0.1) is 10.2 Å². The van der Waals surface area contributed by atoms with Gasteiger partial charge in [-0.1, -0.05) is 0 Å². The highest BCUT2D eigenvalue weighted by molar-refractivity contribution is 5.96. The molecule has 1 aromatic carbocycles. The van der Waals surface area contributed by atoms with Gasteiger partial charge in [0.15, 0.2) is 5.82 Å². The lowest BCUT2D eigenvalue weighted by atomic mass is 9.94. The van der Waals surface area contributed by atoms with Crippen LogP contribution in [0.1, 0.15) is 36.0 Å². The Morgan fingerprint density at radius 3 is 2.82 bits per heavy atom. The second-order valence-corrected chi connectivity index (χ2v) is 7.64. The fraction of sp³-hybridized carbons (Fsp3) is 0.429. The van der Waals surface area contributed by atoms with Crippen molar-refractivity contribution in [1.29, 1.82) is 5.26 Å². The Morgan fingerprint density at radius 2 is 2.11 bits per heavy atom. The molecular weight excluding hydrogens is 354 g/mol. The number of nitrogens with zero attached hydrogens (tertiary/aromatic N) is 5. The minimum Gasteiger partial charge on any atom is -0.507 e. The van der Waals surface area contributed by atoms with Crippen molar-refractivity contribution >= 4 is 11.7 Å². The molecule has 28 heavy (non-hydrogen) atoms. The number of amides is 1. The molecule has 2 aromatic rings. The number of likely N-dealkylation sites (N-methyl/N-ethyl adjacent to an activating group) is 1. The summed E-state index contributed by atoms with van der Waals surface area (Å²) in [6.07, 6.45) is 3.11. The SMILES string of the molecule is Cc1c(-c2ccc(C#N)cc2O)nnc2c1CCC(=O)N2[C@@H]1CCCN(C)C1. The van der Waals surface area contributed by atoms with Crippen LogP contribution in [0.2, 0.25) is 0 Å². The number of rotatable bonds is 2. The normalized spacial score (nSPS) is 20.0.